The number of aliphatic hydroxyl groups is 1. The molecule has 0 aliphatic heterocycles. The molecular weight excluding hydrogens is 259 g/mol. The second-order valence-corrected chi connectivity index (χ2v) is 5.57. The van der Waals surface area contributed by atoms with E-state index >= 15 is 0 Å². The number of halogens is 2. The van der Waals surface area contributed by atoms with E-state index in [2.05, 4.69) is 22.9 Å². The molecule has 2 rings (SSSR count). The van der Waals surface area contributed by atoms with Gasteiger partial charge in [0.05, 0.1) is 5.60 Å². The summed E-state index contributed by atoms with van der Waals surface area (Å²) in [5, 5.41) is 10.0. The van der Waals surface area contributed by atoms with Crippen molar-refractivity contribution < 1.29 is 9.50 Å². The molecule has 0 bridgehead atoms. The Labute approximate surface area is 97.4 Å². The third-order valence-electron chi connectivity index (χ3n) is 2.99. The summed E-state index contributed by atoms with van der Waals surface area (Å²) in [5.74, 6) is 0.325. The Bertz CT molecular complexity index is 372. The Kier molecular flexibility index (Phi) is 2.86. The van der Waals surface area contributed by atoms with Gasteiger partial charge in [-0.3, -0.25) is 0 Å². The molecular formula is C12H14BrFO. The van der Waals surface area contributed by atoms with Gasteiger partial charge in [0.2, 0.25) is 0 Å². The van der Waals surface area contributed by atoms with E-state index in [0.29, 0.717) is 17.9 Å². The number of benzene rings is 1. The fourth-order valence-electron chi connectivity index (χ4n) is 2.40. The fraction of sp³-hybridized carbons (Fsp3) is 0.500. The first-order valence-corrected chi connectivity index (χ1v) is 5.94. The van der Waals surface area contributed by atoms with Gasteiger partial charge in [-0.2, -0.15) is 0 Å². The lowest BCUT2D eigenvalue weighted by Crippen LogP contribution is -2.44. The van der Waals surface area contributed by atoms with Gasteiger partial charge in [0, 0.05) is 10.9 Å². The highest BCUT2D eigenvalue weighted by Gasteiger charge is 2.40. The van der Waals surface area contributed by atoms with Gasteiger partial charge < -0.3 is 5.11 Å². The first-order valence-electron chi connectivity index (χ1n) is 5.15. The molecule has 0 aromatic heterocycles. The Balaban J connectivity index is 2.11. The molecule has 0 heterocycles. The highest BCUT2D eigenvalue weighted by atomic mass is 79.9. The smallest absolute Gasteiger partial charge is 0.127 e. The molecule has 3 heteroatoms. The molecule has 1 saturated carbocycles. The molecule has 0 radical (unpaired) electrons. The summed E-state index contributed by atoms with van der Waals surface area (Å²) < 4.78 is 14.2. The average molecular weight is 273 g/mol. The van der Waals surface area contributed by atoms with Crippen molar-refractivity contribution in [2.24, 2.45) is 5.92 Å². The SMILES string of the molecule is CC1CC(O)(Cc2ccc(Br)cc2F)C1. The van der Waals surface area contributed by atoms with E-state index in [9.17, 15) is 9.50 Å². The van der Waals surface area contributed by atoms with E-state index in [-0.39, 0.29) is 5.82 Å². The van der Waals surface area contributed by atoms with Crippen LogP contribution in [0.5, 0.6) is 0 Å². The summed E-state index contributed by atoms with van der Waals surface area (Å²) >= 11 is 3.21. The van der Waals surface area contributed by atoms with E-state index in [0.717, 1.165) is 17.3 Å². The zero-order valence-corrected chi connectivity index (χ0v) is 10.2. The van der Waals surface area contributed by atoms with Crippen molar-refractivity contribution in [1.82, 2.24) is 0 Å². The Morgan fingerprint density at radius 1 is 1.53 bits per heavy atom. The van der Waals surface area contributed by atoms with Crippen molar-refractivity contribution >= 4 is 15.9 Å². The minimum atomic E-state index is -0.673. The van der Waals surface area contributed by atoms with Crippen LogP contribution < -0.4 is 0 Å². The van der Waals surface area contributed by atoms with Crippen molar-refractivity contribution in [2.45, 2.75) is 31.8 Å². The van der Waals surface area contributed by atoms with Crippen LogP contribution in [0.2, 0.25) is 0 Å². The van der Waals surface area contributed by atoms with E-state index in [1.54, 1.807) is 6.07 Å². The lowest BCUT2D eigenvalue weighted by molar-refractivity contribution is -0.0671. The van der Waals surface area contributed by atoms with Crippen LogP contribution in [0.25, 0.3) is 0 Å². The van der Waals surface area contributed by atoms with Gasteiger partial charge in [-0.05, 0) is 36.5 Å². The monoisotopic (exact) mass is 272 g/mol. The summed E-state index contributed by atoms with van der Waals surface area (Å²) in [7, 11) is 0. The summed E-state index contributed by atoms with van der Waals surface area (Å²) in [6.07, 6.45) is 1.99. The van der Waals surface area contributed by atoms with Crippen molar-refractivity contribution in [3.05, 3.63) is 34.1 Å². The molecule has 1 aromatic rings. The van der Waals surface area contributed by atoms with Gasteiger partial charge in [0.1, 0.15) is 5.82 Å². The quantitative estimate of drug-likeness (QED) is 0.876. The molecule has 1 N–H and O–H groups in total. The van der Waals surface area contributed by atoms with Crippen LogP contribution in [0.1, 0.15) is 25.3 Å². The van der Waals surface area contributed by atoms with E-state index in [4.69, 9.17) is 0 Å². The van der Waals surface area contributed by atoms with Crippen LogP contribution in [0, 0.1) is 11.7 Å². The molecule has 1 aromatic carbocycles. The van der Waals surface area contributed by atoms with Gasteiger partial charge in [-0.25, -0.2) is 4.39 Å². The molecule has 0 unspecified atom stereocenters. The van der Waals surface area contributed by atoms with Crippen LogP contribution in [0.4, 0.5) is 4.39 Å². The number of hydrogen-bond acceptors (Lipinski definition) is 1. The summed E-state index contributed by atoms with van der Waals surface area (Å²) in [5.41, 5.74) is -0.0683. The highest BCUT2D eigenvalue weighted by Crippen LogP contribution is 2.40. The Morgan fingerprint density at radius 3 is 2.73 bits per heavy atom. The van der Waals surface area contributed by atoms with E-state index in [1.165, 1.54) is 6.07 Å². The maximum atomic E-state index is 13.5. The minimum Gasteiger partial charge on any atom is -0.390 e. The standard InChI is InChI=1S/C12H14BrFO/c1-8-5-12(15,6-8)7-9-2-3-10(13)4-11(9)14/h2-4,8,15H,5-7H2,1H3. The number of rotatable bonds is 2. The summed E-state index contributed by atoms with van der Waals surface area (Å²) in [6, 6.07) is 4.99. The zero-order chi connectivity index (χ0) is 11.1. The molecule has 1 nitrogen and oxygen atoms in total. The molecule has 0 atom stereocenters. The van der Waals surface area contributed by atoms with Crippen molar-refractivity contribution in [3.63, 3.8) is 0 Å². The van der Waals surface area contributed by atoms with Gasteiger partial charge >= 0.3 is 0 Å². The molecule has 1 aliphatic rings. The second-order valence-electron chi connectivity index (χ2n) is 4.65. The predicted molar refractivity (Wildman–Crippen MR) is 61.2 cm³/mol. The third-order valence-corrected chi connectivity index (χ3v) is 3.48. The first kappa shape index (κ1) is 11.1. The molecule has 0 spiro atoms. The normalized spacial score (nSPS) is 30.0. The van der Waals surface area contributed by atoms with Gasteiger partial charge in [-0.1, -0.05) is 28.9 Å². The maximum absolute atomic E-state index is 13.5. The maximum Gasteiger partial charge on any atom is 0.127 e. The van der Waals surface area contributed by atoms with Crippen LogP contribution in [-0.4, -0.2) is 10.7 Å². The van der Waals surface area contributed by atoms with Gasteiger partial charge in [-0.15, -0.1) is 0 Å². The molecule has 82 valence electrons. The second kappa shape index (κ2) is 3.87. The minimum absolute atomic E-state index is 0.239. The largest absolute Gasteiger partial charge is 0.390 e. The fourth-order valence-corrected chi connectivity index (χ4v) is 2.73. The lowest BCUT2D eigenvalue weighted by Gasteiger charge is -2.42. The van der Waals surface area contributed by atoms with Crippen molar-refractivity contribution in [2.75, 3.05) is 0 Å². The summed E-state index contributed by atoms with van der Waals surface area (Å²) in [4.78, 5) is 0. The van der Waals surface area contributed by atoms with E-state index in [1.807, 2.05) is 6.07 Å². The first-order chi connectivity index (χ1) is 6.98. The van der Waals surface area contributed by atoms with Crippen molar-refractivity contribution in [3.8, 4) is 0 Å². The average Bonchev–Trinajstić information content (AvgIpc) is 2.08. The predicted octanol–water partition coefficient (Wildman–Crippen LogP) is 3.29. The molecule has 1 fully saturated rings. The molecule has 0 saturated heterocycles. The van der Waals surface area contributed by atoms with Crippen molar-refractivity contribution in [1.29, 1.82) is 0 Å². The van der Waals surface area contributed by atoms with Crippen LogP contribution in [-0.2, 0) is 6.42 Å². The van der Waals surface area contributed by atoms with Gasteiger partial charge in [0.25, 0.3) is 0 Å². The topological polar surface area (TPSA) is 20.2 Å². The summed E-state index contributed by atoms with van der Waals surface area (Å²) in [6.45, 7) is 2.10. The lowest BCUT2D eigenvalue weighted by atomic mass is 9.69. The van der Waals surface area contributed by atoms with Gasteiger partial charge in [0.15, 0.2) is 0 Å². The van der Waals surface area contributed by atoms with E-state index < -0.39 is 5.60 Å². The number of hydrogen-bond donors (Lipinski definition) is 1. The van der Waals surface area contributed by atoms with Crippen LogP contribution in [0.15, 0.2) is 22.7 Å². The van der Waals surface area contributed by atoms with Crippen LogP contribution >= 0.6 is 15.9 Å². The highest BCUT2D eigenvalue weighted by molar-refractivity contribution is 9.10. The molecule has 0 amide bonds. The molecule has 15 heavy (non-hydrogen) atoms. The molecule has 1 aliphatic carbocycles. The third kappa shape index (κ3) is 2.40. The Morgan fingerprint density at radius 2 is 2.20 bits per heavy atom. The Hall–Kier alpha value is -0.410. The van der Waals surface area contributed by atoms with Crippen LogP contribution in [0.3, 0.4) is 0 Å². The zero-order valence-electron chi connectivity index (χ0n) is 8.63.